The number of hydrogen-bond donors (Lipinski definition) is 2. The molecule has 0 aliphatic heterocycles. The van der Waals surface area contributed by atoms with Crippen molar-refractivity contribution in [3.8, 4) is 0 Å². The van der Waals surface area contributed by atoms with Crippen molar-refractivity contribution in [3.63, 3.8) is 0 Å². The molecule has 3 rings (SSSR count). The summed E-state index contributed by atoms with van der Waals surface area (Å²) in [7, 11) is 0. The van der Waals surface area contributed by atoms with Gasteiger partial charge in [0.05, 0.1) is 0 Å². The predicted octanol–water partition coefficient (Wildman–Crippen LogP) is 4.44. The molecular formula is C15H18Cl4N4. The van der Waals surface area contributed by atoms with Crippen molar-refractivity contribution < 1.29 is 0 Å². The molecule has 3 N–H and O–H groups in total. The van der Waals surface area contributed by atoms with E-state index in [1.54, 1.807) is 6.33 Å². The third kappa shape index (κ3) is 4.85. The van der Waals surface area contributed by atoms with Crippen LogP contribution in [0.4, 0.5) is 5.82 Å². The van der Waals surface area contributed by atoms with E-state index in [9.17, 15) is 0 Å². The number of nitrogens with two attached hydrogens (primary N) is 1. The van der Waals surface area contributed by atoms with Gasteiger partial charge in [-0.05, 0) is 25.0 Å². The minimum Gasteiger partial charge on any atom is -0.366 e. The summed E-state index contributed by atoms with van der Waals surface area (Å²) in [6.45, 7) is 0.527. The van der Waals surface area contributed by atoms with Crippen molar-refractivity contribution in [1.82, 2.24) is 9.97 Å². The fourth-order valence-electron chi connectivity index (χ4n) is 2.48. The van der Waals surface area contributed by atoms with Gasteiger partial charge in [-0.15, -0.1) is 24.8 Å². The molecule has 0 radical (unpaired) electrons. The van der Waals surface area contributed by atoms with Gasteiger partial charge in [0.1, 0.15) is 12.1 Å². The van der Waals surface area contributed by atoms with Crippen molar-refractivity contribution in [2.24, 2.45) is 5.73 Å². The van der Waals surface area contributed by atoms with Crippen molar-refractivity contribution in [3.05, 3.63) is 51.9 Å². The van der Waals surface area contributed by atoms with Crippen LogP contribution in [-0.4, -0.2) is 16.0 Å². The van der Waals surface area contributed by atoms with Crippen LogP contribution in [0.1, 0.15) is 30.0 Å². The second-order valence-electron chi connectivity index (χ2n) is 5.31. The average molecular weight is 396 g/mol. The molecule has 0 atom stereocenters. The minimum atomic E-state index is 0. The highest BCUT2D eigenvalue weighted by molar-refractivity contribution is 6.36. The standard InChI is InChI=1S/C15H16Cl2N4.2ClH/c16-12-2-1-3-13(17)11(12)7-19-15-6-14(20-8-21-15)9-4-10(18)5-9;;/h1-3,6,8-10H,4-5,7,18H2,(H,19,20,21);2*1H. The predicted molar refractivity (Wildman–Crippen MR) is 100 cm³/mol. The highest BCUT2D eigenvalue weighted by atomic mass is 35.5. The summed E-state index contributed by atoms with van der Waals surface area (Å²) in [4.78, 5) is 8.56. The zero-order valence-electron chi connectivity index (χ0n) is 12.2. The maximum absolute atomic E-state index is 6.15. The lowest BCUT2D eigenvalue weighted by Crippen LogP contribution is -2.35. The first-order valence-electron chi connectivity index (χ1n) is 6.88. The third-order valence-electron chi connectivity index (χ3n) is 3.79. The Morgan fingerprint density at radius 1 is 1.13 bits per heavy atom. The third-order valence-corrected chi connectivity index (χ3v) is 4.50. The Labute approximate surface area is 158 Å². The lowest BCUT2D eigenvalue weighted by molar-refractivity contribution is 0.345. The Morgan fingerprint density at radius 2 is 1.78 bits per heavy atom. The van der Waals surface area contributed by atoms with Gasteiger partial charge in [-0.3, -0.25) is 0 Å². The van der Waals surface area contributed by atoms with Crippen LogP contribution in [0.25, 0.3) is 0 Å². The molecule has 1 fully saturated rings. The van der Waals surface area contributed by atoms with Gasteiger partial charge in [-0.2, -0.15) is 0 Å². The molecule has 1 aromatic carbocycles. The molecule has 0 spiro atoms. The van der Waals surface area contributed by atoms with E-state index in [0.717, 1.165) is 29.9 Å². The molecule has 23 heavy (non-hydrogen) atoms. The van der Waals surface area contributed by atoms with Crippen LogP contribution in [0.15, 0.2) is 30.6 Å². The van der Waals surface area contributed by atoms with Gasteiger partial charge < -0.3 is 11.1 Å². The molecule has 2 aromatic rings. The fourth-order valence-corrected chi connectivity index (χ4v) is 3.01. The second-order valence-corrected chi connectivity index (χ2v) is 6.12. The summed E-state index contributed by atoms with van der Waals surface area (Å²) in [5.74, 6) is 1.23. The van der Waals surface area contributed by atoms with E-state index in [4.69, 9.17) is 28.9 Å². The zero-order chi connectivity index (χ0) is 14.8. The maximum atomic E-state index is 6.15. The van der Waals surface area contributed by atoms with Crippen LogP contribution in [-0.2, 0) is 6.54 Å². The van der Waals surface area contributed by atoms with Gasteiger partial charge in [0, 0.05) is 45.9 Å². The Kier molecular flexibility index (Phi) is 7.84. The summed E-state index contributed by atoms with van der Waals surface area (Å²) in [6, 6.07) is 7.76. The van der Waals surface area contributed by atoms with E-state index in [2.05, 4.69) is 15.3 Å². The summed E-state index contributed by atoms with van der Waals surface area (Å²) in [5, 5.41) is 4.54. The summed E-state index contributed by atoms with van der Waals surface area (Å²) >= 11 is 12.3. The smallest absolute Gasteiger partial charge is 0.129 e. The van der Waals surface area contributed by atoms with Gasteiger partial charge in [0.2, 0.25) is 0 Å². The number of benzene rings is 1. The van der Waals surface area contributed by atoms with Crippen molar-refractivity contribution in [1.29, 1.82) is 0 Å². The summed E-state index contributed by atoms with van der Waals surface area (Å²) in [5.41, 5.74) is 7.73. The van der Waals surface area contributed by atoms with Crippen LogP contribution in [0.2, 0.25) is 10.0 Å². The molecule has 1 heterocycles. The molecule has 0 saturated heterocycles. The summed E-state index contributed by atoms with van der Waals surface area (Å²) < 4.78 is 0. The fraction of sp³-hybridized carbons (Fsp3) is 0.333. The molecule has 0 bridgehead atoms. The van der Waals surface area contributed by atoms with Crippen LogP contribution in [0, 0.1) is 0 Å². The van der Waals surface area contributed by atoms with Crippen LogP contribution in [0.3, 0.4) is 0 Å². The van der Waals surface area contributed by atoms with E-state index < -0.39 is 0 Å². The number of aromatic nitrogens is 2. The molecule has 8 heteroatoms. The number of nitrogens with one attached hydrogen (secondary N) is 1. The van der Waals surface area contributed by atoms with Gasteiger partial charge in [0.25, 0.3) is 0 Å². The van der Waals surface area contributed by atoms with Gasteiger partial charge in [0.15, 0.2) is 0 Å². The number of nitrogens with zero attached hydrogens (tertiary/aromatic N) is 2. The Morgan fingerprint density at radius 3 is 2.39 bits per heavy atom. The average Bonchev–Trinajstić information content (AvgIpc) is 2.44. The lowest BCUT2D eigenvalue weighted by Gasteiger charge is -2.31. The molecular weight excluding hydrogens is 378 g/mol. The van der Waals surface area contributed by atoms with Crippen LogP contribution >= 0.6 is 48.0 Å². The minimum absolute atomic E-state index is 0. The number of rotatable bonds is 4. The molecule has 1 aliphatic carbocycles. The number of anilines is 1. The van der Waals surface area contributed by atoms with Gasteiger partial charge in [-0.1, -0.05) is 29.3 Å². The van der Waals surface area contributed by atoms with E-state index in [1.807, 2.05) is 24.3 Å². The number of halogens is 4. The number of hydrogen-bond acceptors (Lipinski definition) is 4. The Hall–Kier alpha value is -0.780. The quantitative estimate of drug-likeness (QED) is 0.802. The molecule has 126 valence electrons. The van der Waals surface area contributed by atoms with Crippen LogP contribution < -0.4 is 11.1 Å². The van der Waals surface area contributed by atoms with Crippen molar-refractivity contribution in [2.75, 3.05) is 5.32 Å². The van der Waals surface area contributed by atoms with E-state index in [1.165, 1.54) is 0 Å². The first kappa shape index (κ1) is 20.3. The monoisotopic (exact) mass is 394 g/mol. The lowest BCUT2D eigenvalue weighted by atomic mass is 9.79. The second kappa shape index (κ2) is 8.90. The van der Waals surface area contributed by atoms with E-state index >= 15 is 0 Å². The first-order valence-corrected chi connectivity index (χ1v) is 7.63. The Balaban J connectivity index is 0.00000132. The van der Waals surface area contributed by atoms with Crippen molar-refractivity contribution in [2.45, 2.75) is 31.3 Å². The van der Waals surface area contributed by atoms with E-state index in [0.29, 0.717) is 28.5 Å². The maximum Gasteiger partial charge on any atom is 0.129 e. The van der Waals surface area contributed by atoms with Gasteiger partial charge >= 0.3 is 0 Å². The zero-order valence-corrected chi connectivity index (χ0v) is 15.4. The molecule has 1 aromatic heterocycles. The van der Waals surface area contributed by atoms with Crippen molar-refractivity contribution >= 4 is 53.8 Å². The van der Waals surface area contributed by atoms with Crippen LogP contribution in [0.5, 0.6) is 0 Å². The molecule has 4 nitrogen and oxygen atoms in total. The molecule has 0 unspecified atom stereocenters. The SMILES string of the molecule is Cl.Cl.NC1CC(c2cc(NCc3c(Cl)cccc3Cl)ncn2)C1. The molecule has 1 saturated carbocycles. The molecule has 1 aliphatic rings. The van der Waals surface area contributed by atoms with Gasteiger partial charge in [-0.25, -0.2) is 9.97 Å². The highest BCUT2D eigenvalue weighted by Gasteiger charge is 2.28. The first-order chi connectivity index (χ1) is 10.1. The molecule has 0 amide bonds. The highest BCUT2D eigenvalue weighted by Crippen LogP contribution is 2.35. The Bertz CT molecular complexity index is 627. The normalized spacial score (nSPS) is 19.1. The van der Waals surface area contributed by atoms with E-state index in [-0.39, 0.29) is 24.8 Å². The summed E-state index contributed by atoms with van der Waals surface area (Å²) in [6.07, 6.45) is 3.56. The topological polar surface area (TPSA) is 63.8 Å². The largest absolute Gasteiger partial charge is 0.366 e.